The first-order valence-corrected chi connectivity index (χ1v) is 9.15. The number of aromatic nitrogens is 4. The molecule has 0 bridgehead atoms. The minimum Gasteiger partial charge on any atom is -0.338 e. The predicted molar refractivity (Wildman–Crippen MR) is 95.6 cm³/mol. The molecule has 0 saturated carbocycles. The van der Waals surface area contributed by atoms with Crippen LogP contribution in [0.2, 0.25) is 0 Å². The average Bonchev–Trinajstić information content (AvgIpc) is 3.30. The molecule has 9 nitrogen and oxygen atoms in total. The van der Waals surface area contributed by atoms with Crippen LogP contribution in [0.5, 0.6) is 0 Å². The number of aryl methyl sites for hydroxylation is 2. The van der Waals surface area contributed by atoms with Gasteiger partial charge in [-0.1, -0.05) is 12.1 Å². The third-order valence-corrected chi connectivity index (χ3v) is 4.69. The Morgan fingerprint density at radius 3 is 2.73 bits per heavy atom. The fourth-order valence-electron chi connectivity index (χ4n) is 3.03. The topological polar surface area (TPSA) is 92.3 Å². The molecule has 2 aromatic heterocycles. The van der Waals surface area contributed by atoms with Crippen LogP contribution >= 0.6 is 0 Å². The highest BCUT2D eigenvalue weighted by atomic mass is 16.5. The maximum absolute atomic E-state index is 12.3. The molecule has 1 aliphatic heterocycles. The zero-order valence-corrected chi connectivity index (χ0v) is 15.7. The quantitative estimate of drug-likeness (QED) is 0.832. The summed E-state index contributed by atoms with van der Waals surface area (Å²) in [6, 6.07) is 0.0447. The molecule has 1 fully saturated rings. The first kappa shape index (κ1) is 18.4. The lowest BCUT2D eigenvalue weighted by molar-refractivity contribution is 0.1000. The van der Waals surface area contributed by atoms with E-state index < -0.39 is 0 Å². The molecule has 2 amide bonds. The highest BCUT2D eigenvalue weighted by Crippen LogP contribution is 2.20. The van der Waals surface area contributed by atoms with Crippen LogP contribution in [0.1, 0.15) is 37.2 Å². The summed E-state index contributed by atoms with van der Waals surface area (Å²) in [5, 5.41) is 11.1. The van der Waals surface area contributed by atoms with E-state index in [2.05, 4.69) is 32.4 Å². The Balaban J connectivity index is 1.41. The molecular formula is C17H27N7O2. The van der Waals surface area contributed by atoms with Gasteiger partial charge in [-0.15, -0.1) is 0 Å². The van der Waals surface area contributed by atoms with E-state index in [1.54, 1.807) is 0 Å². The van der Waals surface area contributed by atoms with E-state index in [0.717, 1.165) is 30.9 Å². The Hall–Kier alpha value is -2.42. The van der Waals surface area contributed by atoms with E-state index in [1.165, 1.54) is 0 Å². The Labute approximate surface area is 153 Å². The second-order valence-electron chi connectivity index (χ2n) is 6.61. The molecule has 26 heavy (non-hydrogen) atoms. The largest absolute Gasteiger partial charge is 0.338 e. The molecule has 9 heteroatoms. The van der Waals surface area contributed by atoms with E-state index in [1.807, 2.05) is 35.8 Å². The molecule has 1 saturated heterocycles. The van der Waals surface area contributed by atoms with E-state index >= 15 is 0 Å². The van der Waals surface area contributed by atoms with Gasteiger partial charge >= 0.3 is 6.03 Å². The Morgan fingerprint density at radius 2 is 2.12 bits per heavy atom. The van der Waals surface area contributed by atoms with Crippen LogP contribution < -0.4 is 5.32 Å². The maximum atomic E-state index is 12.3. The molecule has 0 spiro atoms. The molecule has 3 rings (SSSR count). The lowest BCUT2D eigenvalue weighted by Gasteiger charge is -2.36. The van der Waals surface area contributed by atoms with Crippen LogP contribution in [0.25, 0.3) is 0 Å². The number of piperazine rings is 1. The normalized spacial score (nSPS) is 16.7. The van der Waals surface area contributed by atoms with E-state index in [9.17, 15) is 4.79 Å². The van der Waals surface area contributed by atoms with Gasteiger partial charge in [0, 0.05) is 45.3 Å². The fourth-order valence-corrected chi connectivity index (χ4v) is 3.03. The number of nitrogens with zero attached hydrogens (tertiary/aromatic N) is 6. The number of amides is 2. The number of carbonyl (C=O) groups excluding carboxylic acids is 1. The van der Waals surface area contributed by atoms with Gasteiger partial charge in [-0.25, -0.2) is 4.79 Å². The fraction of sp³-hybridized carbons (Fsp3) is 0.647. The minimum absolute atomic E-state index is 0.0211. The average molecular weight is 361 g/mol. The number of hydrogen-bond acceptors (Lipinski definition) is 6. The summed E-state index contributed by atoms with van der Waals surface area (Å²) in [4.78, 5) is 20.8. The van der Waals surface area contributed by atoms with Gasteiger partial charge in [0.1, 0.15) is 0 Å². The second kappa shape index (κ2) is 8.31. The maximum Gasteiger partial charge on any atom is 0.317 e. The van der Waals surface area contributed by atoms with Crippen molar-refractivity contribution in [3.05, 3.63) is 29.7 Å². The smallest absolute Gasteiger partial charge is 0.317 e. The van der Waals surface area contributed by atoms with Crippen molar-refractivity contribution in [1.82, 2.24) is 35.0 Å². The molecule has 1 aliphatic rings. The summed E-state index contributed by atoms with van der Waals surface area (Å²) >= 11 is 0. The van der Waals surface area contributed by atoms with Crippen LogP contribution in [-0.4, -0.2) is 68.5 Å². The van der Waals surface area contributed by atoms with Gasteiger partial charge in [0.15, 0.2) is 5.82 Å². The summed E-state index contributed by atoms with van der Waals surface area (Å²) < 4.78 is 7.18. The van der Waals surface area contributed by atoms with Gasteiger partial charge in [0.05, 0.1) is 18.8 Å². The van der Waals surface area contributed by atoms with Crippen LogP contribution in [0, 0.1) is 6.92 Å². The van der Waals surface area contributed by atoms with Gasteiger partial charge in [-0.05, 0) is 19.4 Å². The van der Waals surface area contributed by atoms with Crippen molar-refractivity contribution in [3.63, 3.8) is 0 Å². The lowest BCUT2D eigenvalue weighted by Crippen LogP contribution is -2.52. The number of hydrogen-bond donors (Lipinski definition) is 1. The van der Waals surface area contributed by atoms with Crippen molar-refractivity contribution in [2.75, 3.05) is 32.7 Å². The van der Waals surface area contributed by atoms with Crippen molar-refractivity contribution >= 4 is 6.03 Å². The monoisotopic (exact) mass is 361 g/mol. The Bertz CT molecular complexity index is 718. The van der Waals surface area contributed by atoms with E-state index in [0.29, 0.717) is 32.1 Å². The van der Waals surface area contributed by atoms with Gasteiger partial charge in [-0.2, -0.15) is 10.1 Å². The Morgan fingerprint density at radius 1 is 1.35 bits per heavy atom. The highest BCUT2D eigenvalue weighted by molar-refractivity contribution is 5.74. The summed E-state index contributed by atoms with van der Waals surface area (Å²) in [6.07, 6.45) is 4.55. The SMILES string of the molecule is CCc1noc(C(C)N2CCN(C(=O)NCCn3cc(C)cn3)CC2)n1. The zero-order valence-electron chi connectivity index (χ0n) is 15.7. The van der Waals surface area contributed by atoms with E-state index in [4.69, 9.17) is 4.52 Å². The van der Waals surface area contributed by atoms with Crippen molar-refractivity contribution < 1.29 is 9.32 Å². The molecule has 1 atom stereocenters. The molecular weight excluding hydrogens is 334 g/mol. The molecule has 142 valence electrons. The standard InChI is InChI=1S/C17H27N7O2/c1-4-15-20-16(26-21-15)14(3)22-7-9-23(10-8-22)17(25)18-5-6-24-12-13(2)11-19-24/h11-12,14H,4-10H2,1-3H3,(H,18,25). The van der Waals surface area contributed by atoms with Gasteiger partial charge < -0.3 is 14.7 Å². The molecule has 3 heterocycles. The predicted octanol–water partition coefficient (Wildman–Crippen LogP) is 1.23. The molecule has 0 aromatic carbocycles. The number of urea groups is 1. The lowest BCUT2D eigenvalue weighted by atomic mass is 10.2. The van der Waals surface area contributed by atoms with Crippen LogP contribution in [0.4, 0.5) is 4.79 Å². The highest BCUT2D eigenvalue weighted by Gasteiger charge is 2.27. The van der Waals surface area contributed by atoms with Gasteiger partial charge in [0.2, 0.25) is 5.89 Å². The molecule has 2 aromatic rings. The minimum atomic E-state index is -0.0211. The third kappa shape index (κ3) is 4.40. The molecule has 0 radical (unpaired) electrons. The summed E-state index contributed by atoms with van der Waals surface area (Å²) in [7, 11) is 0. The first-order valence-electron chi connectivity index (χ1n) is 9.15. The third-order valence-electron chi connectivity index (χ3n) is 4.69. The van der Waals surface area contributed by atoms with E-state index in [-0.39, 0.29) is 12.1 Å². The van der Waals surface area contributed by atoms with Gasteiger partial charge in [0.25, 0.3) is 0 Å². The van der Waals surface area contributed by atoms with Gasteiger partial charge in [-0.3, -0.25) is 9.58 Å². The second-order valence-corrected chi connectivity index (χ2v) is 6.61. The summed E-state index contributed by atoms with van der Waals surface area (Å²) in [5.74, 6) is 1.38. The zero-order chi connectivity index (χ0) is 18.5. The van der Waals surface area contributed by atoms with Crippen molar-refractivity contribution in [3.8, 4) is 0 Å². The summed E-state index contributed by atoms with van der Waals surface area (Å²) in [6.45, 7) is 10.3. The molecule has 0 aliphatic carbocycles. The Kier molecular flexibility index (Phi) is 5.87. The van der Waals surface area contributed by atoms with Crippen LogP contribution in [0.15, 0.2) is 16.9 Å². The van der Waals surface area contributed by atoms with Crippen molar-refractivity contribution in [2.24, 2.45) is 0 Å². The van der Waals surface area contributed by atoms with Crippen LogP contribution in [-0.2, 0) is 13.0 Å². The number of rotatable bonds is 6. The first-order chi connectivity index (χ1) is 12.6. The number of nitrogens with one attached hydrogen (secondary N) is 1. The molecule has 1 N–H and O–H groups in total. The number of carbonyl (C=O) groups is 1. The van der Waals surface area contributed by atoms with Crippen LogP contribution in [0.3, 0.4) is 0 Å². The summed E-state index contributed by atoms with van der Waals surface area (Å²) in [5.41, 5.74) is 1.12. The van der Waals surface area contributed by atoms with Crippen molar-refractivity contribution in [2.45, 2.75) is 39.8 Å². The van der Waals surface area contributed by atoms with Crippen molar-refractivity contribution in [1.29, 1.82) is 0 Å². The molecule has 1 unspecified atom stereocenters.